The first-order valence-corrected chi connectivity index (χ1v) is 6.48. The van der Waals surface area contributed by atoms with Crippen molar-refractivity contribution in [3.05, 3.63) is 35.4 Å². The van der Waals surface area contributed by atoms with Crippen molar-refractivity contribution in [3.8, 4) is 0 Å². The number of amides is 1. The van der Waals surface area contributed by atoms with E-state index in [-0.39, 0.29) is 5.91 Å². The molecule has 0 spiro atoms. The molecule has 0 saturated heterocycles. The van der Waals surface area contributed by atoms with Crippen molar-refractivity contribution < 1.29 is 9.90 Å². The van der Waals surface area contributed by atoms with Gasteiger partial charge in [0.05, 0.1) is 0 Å². The second-order valence-corrected chi connectivity index (χ2v) is 4.52. The van der Waals surface area contributed by atoms with Crippen molar-refractivity contribution in [1.82, 2.24) is 10.4 Å². The predicted molar refractivity (Wildman–Crippen MR) is 64.0 cm³/mol. The Morgan fingerprint density at radius 1 is 1.50 bits per heavy atom. The Hall–Kier alpha value is -1.04. The van der Waals surface area contributed by atoms with Crippen LogP contribution in [-0.4, -0.2) is 34.6 Å². The van der Waals surface area contributed by atoms with Gasteiger partial charge in [-0.15, -0.1) is 0 Å². The molecule has 0 bridgehead atoms. The third-order valence-electron chi connectivity index (χ3n) is 2.52. The standard InChI is InChI=1S/C11H14N2O2S/c1-16-7-6-12-13-10(14)8-4-2-3-5-9(8)11(13)15/h2-5,10,12,14H,6-7H2,1H3. The number of aliphatic hydroxyl groups excluding tert-OH is 1. The molecule has 1 heterocycles. The van der Waals surface area contributed by atoms with Crippen molar-refractivity contribution in [1.29, 1.82) is 0 Å². The maximum Gasteiger partial charge on any atom is 0.271 e. The summed E-state index contributed by atoms with van der Waals surface area (Å²) < 4.78 is 0. The fourth-order valence-electron chi connectivity index (χ4n) is 1.72. The number of fused-ring (bicyclic) bond motifs is 1. The SMILES string of the molecule is CSCCNN1C(=O)c2ccccc2C1O. The molecular weight excluding hydrogens is 224 g/mol. The fraction of sp³-hybridized carbons (Fsp3) is 0.364. The van der Waals surface area contributed by atoms with Crippen LogP contribution in [0.5, 0.6) is 0 Å². The zero-order chi connectivity index (χ0) is 11.5. The molecule has 1 unspecified atom stereocenters. The number of nitrogens with zero attached hydrogens (tertiary/aromatic N) is 1. The minimum atomic E-state index is -0.870. The van der Waals surface area contributed by atoms with E-state index in [4.69, 9.17) is 0 Å². The summed E-state index contributed by atoms with van der Waals surface area (Å²) in [5, 5.41) is 11.2. The summed E-state index contributed by atoms with van der Waals surface area (Å²) in [6.07, 6.45) is 1.13. The van der Waals surface area contributed by atoms with Gasteiger partial charge in [-0.25, -0.2) is 10.4 Å². The van der Waals surface area contributed by atoms with Crippen LogP contribution in [0.4, 0.5) is 0 Å². The number of thioether (sulfide) groups is 1. The lowest BCUT2D eigenvalue weighted by Gasteiger charge is -2.21. The first-order valence-electron chi connectivity index (χ1n) is 5.08. The first-order chi connectivity index (χ1) is 7.75. The molecule has 5 heteroatoms. The minimum absolute atomic E-state index is 0.163. The highest BCUT2D eigenvalue weighted by atomic mass is 32.2. The van der Waals surface area contributed by atoms with Gasteiger partial charge < -0.3 is 5.11 Å². The molecule has 1 aromatic rings. The summed E-state index contributed by atoms with van der Waals surface area (Å²) in [6, 6.07) is 7.13. The van der Waals surface area contributed by atoms with E-state index in [1.54, 1.807) is 30.0 Å². The molecule has 0 aromatic heterocycles. The van der Waals surface area contributed by atoms with Crippen LogP contribution in [0.3, 0.4) is 0 Å². The van der Waals surface area contributed by atoms with E-state index >= 15 is 0 Å². The zero-order valence-corrected chi connectivity index (χ0v) is 9.83. The molecule has 4 nitrogen and oxygen atoms in total. The van der Waals surface area contributed by atoms with Crippen LogP contribution in [0.25, 0.3) is 0 Å². The van der Waals surface area contributed by atoms with Crippen molar-refractivity contribution in [2.45, 2.75) is 6.23 Å². The Labute approximate surface area is 98.6 Å². The van der Waals surface area contributed by atoms with Crippen molar-refractivity contribution in [3.63, 3.8) is 0 Å². The first kappa shape index (κ1) is 11.4. The van der Waals surface area contributed by atoms with Gasteiger partial charge in [-0.3, -0.25) is 4.79 Å². The molecule has 1 aliphatic heterocycles. The summed E-state index contributed by atoms with van der Waals surface area (Å²) in [6.45, 7) is 0.665. The predicted octanol–water partition coefficient (Wildman–Crippen LogP) is 1.00. The molecule has 0 saturated carbocycles. The van der Waals surface area contributed by atoms with Gasteiger partial charge in [-0.1, -0.05) is 18.2 Å². The van der Waals surface area contributed by atoms with Crippen molar-refractivity contribution in [2.24, 2.45) is 0 Å². The van der Waals surface area contributed by atoms with Crippen molar-refractivity contribution in [2.75, 3.05) is 18.6 Å². The number of carbonyl (C=O) groups is 1. The van der Waals surface area contributed by atoms with Crippen LogP contribution in [-0.2, 0) is 0 Å². The maximum atomic E-state index is 11.9. The van der Waals surface area contributed by atoms with E-state index in [2.05, 4.69) is 5.43 Å². The van der Waals surface area contributed by atoms with Crippen LogP contribution in [0.2, 0.25) is 0 Å². The smallest absolute Gasteiger partial charge is 0.271 e. The topological polar surface area (TPSA) is 52.6 Å². The van der Waals surface area contributed by atoms with E-state index in [0.29, 0.717) is 17.7 Å². The van der Waals surface area contributed by atoms with Gasteiger partial charge >= 0.3 is 0 Å². The largest absolute Gasteiger partial charge is 0.368 e. The van der Waals surface area contributed by atoms with Gasteiger partial charge in [0.15, 0.2) is 6.23 Å². The highest BCUT2D eigenvalue weighted by Crippen LogP contribution is 2.29. The van der Waals surface area contributed by atoms with Crippen LogP contribution in [0, 0.1) is 0 Å². The summed E-state index contributed by atoms with van der Waals surface area (Å²) in [4.78, 5) is 11.9. The lowest BCUT2D eigenvalue weighted by atomic mass is 10.1. The highest BCUT2D eigenvalue weighted by molar-refractivity contribution is 7.98. The Bertz CT molecular complexity index is 397. The molecule has 1 aliphatic rings. The quantitative estimate of drug-likeness (QED) is 0.768. The highest BCUT2D eigenvalue weighted by Gasteiger charge is 2.34. The number of carbonyl (C=O) groups excluding carboxylic acids is 1. The van der Waals surface area contributed by atoms with Crippen LogP contribution < -0.4 is 5.43 Å². The Morgan fingerprint density at radius 3 is 2.94 bits per heavy atom. The summed E-state index contributed by atoms with van der Waals surface area (Å²) in [5.74, 6) is 0.733. The molecule has 1 aromatic carbocycles. The molecule has 1 amide bonds. The van der Waals surface area contributed by atoms with Gasteiger partial charge in [-0.05, 0) is 12.3 Å². The number of hydrogen-bond acceptors (Lipinski definition) is 4. The summed E-state index contributed by atoms with van der Waals surface area (Å²) in [7, 11) is 0. The second-order valence-electron chi connectivity index (χ2n) is 3.54. The van der Waals surface area contributed by atoms with Crippen LogP contribution in [0.1, 0.15) is 22.1 Å². The molecule has 0 aliphatic carbocycles. The van der Waals surface area contributed by atoms with E-state index < -0.39 is 6.23 Å². The Balaban J connectivity index is 2.12. The Kier molecular flexibility index (Phi) is 3.48. The average molecular weight is 238 g/mol. The van der Waals surface area contributed by atoms with Gasteiger partial charge in [0, 0.05) is 23.4 Å². The summed E-state index contributed by atoms with van der Waals surface area (Å²) in [5.41, 5.74) is 4.19. The summed E-state index contributed by atoms with van der Waals surface area (Å²) >= 11 is 1.69. The molecule has 86 valence electrons. The number of hydrazine groups is 1. The van der Waals surface area contributed by atoms with Crippen LogP contribution in [0.15, 0.2) is 24.3 Å². The van der Waals surface area contributed by atoms with E-state index in [1.807, 2.05) is 12.3 Å². The second kappa shape index (κ2) is 4.86. The third-order valence-corrected chi connectivity index (χ3v) is 3.13. The van der Waals surface area contributed by atoms with E-state index in [9.17, 15) is 9.90 Å². The number of nitrogens with one attached hydrogen (secondary N) is 1. The average Bonchev–Trinajstić information content (AvgIpc) is 2.55. The normalized spacial score (nSPS) is 19.0. The third kappa shape index (κ3) is 1.93. The van der Waals surface area contributed by atoms with Gasteiger partial charge in [-0.2, -0.15) is 11.8 Å². The van der Waals surface area contributed by atoms with Crippen LogP contribution >= 0.6 is 11.8 Å². The molecule has 2 N–H and O–H groups in total. The monoisotopic (exact) mass is 238 g/mol. The Morgan fingerprint density at radius 2 is 2.25 bits per heavy atom. The number of aliphatic hydroxyl groups is 1. The molecule has 16 heavy (non-hydrogen) atoms. The molecule has 1 atom stereocenters. The lowest BCUT2D eigenvalue weighted by molar-refractivity contribution is -0.00699. The maximum absolute atomic E-state index is 11.9. The van der Waals surface area contributed by atoms with Gasteiger partial charge in [0.2, 0.25) is 0 Å². The van der Waals surface area contributed by atoms with Gasteiger partial charge in [0.25, 0.3) is 5.91 Å². The number of hydrogen-bond donors (Lipinski definition) is 2. The fourth-order valence-corrected chi connectivity index (χ4v) is 2.02. The lowest BCUT2D eigenvalue weighted by Crippen LogP contribution is -2.41. The molecule has 0 radical (unpaired) electrons. The van der Waals surface area contributed by atoms with Crippen molar-refractivity contribution >= 4 is 17.7 Å². The van der Waals surface area contributed by atoms with E-state index in [0.717, 1.165) is 5.75 Å². The molecular formula is C11H14N2O2S. The zero-order valence-electron chi connectivity index (χ0n) is 9.01. The molecule has 2 rings (SSSR count). The van der Waals surface area contributed by atoms with Gasteiger partial charge in [0.1, 0.15) is 0 Å². The minimum Gasteiger partial charge on any atom is -0.368 e. The van der Waals surface area contributed by atoms with E-state index in [1.165, 1.54) is 5.01 Å². The number of benzene rings is 1. The number of rotatable bonds is 4. The molecule has 0 fully saturated rings.